The van der Waals surface area contributed by atoms with Crippen LogP contribution in [0, 0.1) is 17.8 Å². The fourth-order valence-electron chi connectivity index (χ4n) is 3.88. The third-order valence-corrected chi connectivity index (χ3v) is 4.93. The first-order valence-electron chi connectivity index (χ1n) is 7.47. The van der Waals surface area contributed by atoms with E-state index in [1.807, 2.05) is 18.9 Å². The van der Waals surface area contributed by atoms with E-state index in [1.165, 1.54) is 32.1 Å². The molecule has 104 valence electrons. The second kappa shape index (κ2) is 6.27. The SMILES string of the molecule is CC(Cl)CN(C)C(=O)C1CCC2CCCCC2C1. The lowest BCUT2D eigenvalue weighted by atomic mass is 9.67. The number of nitrogens with zero attached hydrogens (tertiary/aromatic N) is 1. The van der Waals surface area contributed by atoms with Crippen molar-refractivity contribution in [2.45, 2.75) is 57.2 Å². The lowest BCUT2D eigenvalue weighted by Crippen LogP contribution is -2.40. The molecule has 18 heavy (non-hydrogen) atoms. The zero-order valence-corrected chi connectivity index (χ0v) is 12.5. The normalized spacial score (nSPS) is 33.6. The molecule has 4 atom stereocenters. The van der Waals surface area contributed by atoms with Crippen LogP contribution in [0.25, 0.3) is 0 Å². The highest BCUT2D eigenvalue weighted by atomic mass is 35.5. The van der Waals surface area contributed by atoms with Crippen LogP contribution in [0.5, 0.6) is 0 Å². The van der Waals surface area contributed by atoms with E-state index in [0.29, 0.717) is 12.5 Å². The number of halogens is 1. The van der Waals surface area contributed by atoms with Crippen molar-refractivity contribution in [2.24, 2.45) is 17.8 Å². The van der Waals surface area contributed by atoms with Crippen LogP contribution in [0.1, 0.15) is 51.9 Å². The van der Waals surface area contributed by atoms with Gasteiger partial charge in [-0.05, 0) is 38.0 Å². The van der Waals surface area contributed by atoms with Gasteiger partial charge in [-0.1, -0.05) is 25.7 Å². The molecule has 1 amide bonds. The van der Waals surface area contributed by atoms with Crippen LogP contribution in [-0.2, 0) is 4.79 Å². The van der Waals surface area contributed by atoms with Gasteiger partial charge in [0, 0.05) is 24.9 Å². The average molecular weight is 272 g/mol. The molecule has 2 aliphatic rings. The summed E-state index contributed by atoms with van der Waals surface area (Å²) in [6.45, 7) is 2.62. The summed E-state index contributed by atoms with van der Waals surface area (Å²) >= 11 is 5.97. The Labute approximate surface area is 116 Å². The molecule has 0 aromatic carbocycles. The Kier molecular flexibility index (Phi) is 4.94. The number of carbonyl (C=O) groups is 1. The van der Waals surface area contributed by atoms with Crippen LogP contribution in [0.4, 0.5) is 0 Å². The van der Waals surface area contributed by atoms with Crippen LogP contribution >= 0.6 is 11.6 Å². The number of rotatable bonds is 3. The predicted octanol–water partition coefficient (Wildman–Crippen LogP) is 3.68. The van der Waals surface area contributed by atoms with Gasteiger partial charge in [0.15, 0.2) is 0 Å². The summed E-state index contributed by atoms with van der Waals surface area (Å²) in [5.74, 6) is 2.33. The van der Waals surface area contributed by atoms with Gasteiger partial charge in [0.1, 0.15) is 0 Å². The molecule has 2 saturated carbocycles. The Morgan fingerprint density at radius 2 is 1.89 bits per heavy atom. The molecule has 4 unspecified atom stereocenters. The molecule has 0 aromatic rings. The van der Waals surface area contributed by atoms with Gasteiger partial charge in [0.25, 0.3) is 0 Å². The lowest BCUT2D eigenvalue weighted by Gasteiger charge is -2.39. The first kappa shape index (κ1) is 14.2. The Balaban J connectivity index is 1.88. The van der Waals surface area contributed by atoms with Crippen LogP contribution in [0.3, 0.4) is 0 Å². The van der Waals surface area contributed by atoms with Crippen molar-refractivity contribution in [1.82, 2.24) is 4.90 Å². The number of alkyl halides is 1. The van der Waals surface area contributed by atoms with E-state index in [1.54, 1.807) is 0 Å². The molecular weight excluding hydrogens is 246 g/mol. The van der Waals surface area contributed by atoms with Gasteiger partial charge in [0.2, 0.25) is 5.91 Å². The Morgan fingerprint density at radius 1 is 1.22 bits per heavy atom. The topological polar surface area (TPSA) is 20.3 Å². The third kappa shape index (κ3) is 3.40. The van der Waals surface area contributed by atoms with Crippen molar-refractivity contribution in [3.8, 4) is 0 Å². The molecule has 0 aliphatic heterocycles. The summed E-state index contributed by atoms with van der Waals surface area (Å²) in [7, 11) is 1.90. The van der Waals surface area contributed by atoms with Gasteiger partial charge < -0.3 is 4.90 Å². The number of hydrogen-bond donors (Lipinski definition) is 0. The molecule has 0 bridgehead atoms. The van der Waals surface area contributed by atoms with E-state index >= 15 is 0 Å². The number of carbonyl (C=O) groups excluding carboxylic acids is 1. The smallest absolute Gasteiger partial charge is 0.225 e. The molecule has 2 aliphatic carbocycles. The zero-order valence-electron chi connectivity index (χ0n) is 11.7. The minimum absolute atomic E-state index is 0.0463. The maximum atomic E-state index is 12.4. The van der Waals surface area contributed by atoms with Gasteiger partial charge in [-0.3, -0.25) is 4.79 Å². The van der Waals surface area contributed by atoms with E-state index in [2.05, 4.69) is 0 Å². The number of fused-ring (bicyclic) bond motifs is 1. The Morgan fingerprint density at radius 3 is 2.56 bits per heavy atom. The highest BCUT2D eigenvalue weighted by Gasteiger charge is 2.35. The number of hydrogen-bond acceptors (Lipinski definition) is 1. The number of amides is 1. The Bertz CT molecular complexity index is 292. The fraction of sp³-hybridized carbons (Fsp3) is 0.933. The fourth-order valence-corrected chi connectivity index (χ4v) is 4.08. The minimum Gasteiger partial charge on any atom is -0.344 e. The van der Waals surface area contributed by atoms with Crippen LogP contribution in [-0.4, -0.2) is 29.8 Å². The van der Waals surface area contributed by atoms with Crippen LogP contribution in [0.2, 0.25) is 0 Å². The van der Waals surface area contributed by atoms with Crippen molar-refractivity contribution in [3.05, 3.63) is 0 Å². The predicted molar refractivity (Wildman–Crippen MR) is 75.7 cm³/mol. The quantitative estimate of drug-likeness (QED) is 0.717. The minimum atomic E-state index is 0.0463. The second-order valence-corrected chi connectivity index (χ2v) is 7.06. The molecule has 0 radical (unpaired) electrons. The molecule has 3 heteroatoms. The van der Waals surface area contributed by atoms with Crippen LogP contribution in [0.15, 0.2) is 0 Å². The van der Waals surface area contributed by atoms with Crippen molar-refractivity contribution in [3.63, 3.8) is 0 Å². The van der Waals surface area contributed by atoms with Gasteiger partial charge in [0.05, 0.1) is 0 Å². The molecule has 0 heterocycles. The highest BCUT2D eigenvalue weighted by Crippen LogP contribution is 2.43. The summed E-state index contributed by atoms with van der Waals surface area (Å²) in [5, 5.41) is 0.0463. The van der Waals surface area contributed by atoms with E-state index in [-0.39, 0.29) is 11.3 Å². The first-order valence-corrected chi connectivity index (χ1v) is 7.90. The van der Waals surface area contributed by atoms with E-state index < -0.39 is 0 Å². The molecule has 0 spiro atoms. The Hall–Kier alpha value is -0.240. The third-order valence-electron chi connectivity index (χ3n) is 4.79. The monoisotopic (exact) mass is 271 g/mol. The van der Waals surface area contributed by atoms with Gasteiger partial charge in [-0.25, -0.2) is 0 Å². The van der Waals surface area contributed by atoms with Crippen LogP contribution < -0.4 is 0 Å². The highest BCUT2D eigenvalue weighted by molar-refractivity contribution is 6.20. The van der Waals surface area contributed by atoms with E-state index in [0.717, 1.165) is 24.7 Å². The van der Waals surface area contributed by atoms with Gasteiger partial charge in [-0.15, -0.1) is 11.6 Å². The maximum Gasteiger partial charge on any atom is 0.225 e. The standard InChI is InChI=1S/C15H26ClNO/c1-11(16)10-17(2)15(18)14-8-7-12-5-3-4-6-13(12)9-14/h11-14H,3-10H2,1-2H3. The molecule has 0 N–H and O–H groups in total. The van der Waals surface area contributed by atoms with E-state index in [4.69, 9.17) is 11.6 Å². The van der Waals surface area contributed by atoms with Gasteiger partial charge >= 0.3 is 0 Å². The van der Waals surface area contributed by atoms with E-state index in [9.17, 15) is 4.79 Å². The molecule has 0 aromatic heterocycles. The summed E-state index contributed by atoms with van der Waals surface area (Å²) in [6, 6.07) is 0. The molecular formula is C15H26ClNO. The lowest BCUT2D eigenvalue weighted by molar-refractivity contribution is -0.136. The second-order valence-electron chi connectivity index (χ2n) is 6.31. The first-order chi connectivity index (χ1) is 8.58. The molecule has 2 rings (SSSR count). The molecule has 0 saturated heterocycles. The summed E-state index contributed by atoms with van der Waals surface area (Å²) in [6.07, 6.45) is 9.03. The summed E-state index contributed by atoms with van der Waals surface area (Å²) in [5.41, 5.74) is 0. The average Bonchev–Trinajstić information content (AvgIpc) is 2.36. The largest absolute Gasteiger partial charge is 0.344 e. The maximum absolute atomic E-state index is 12.4. The zero-order chi connectivity index (χ0) is 13.1. The summed E-state index contributed by atoms with van der Waals surface area (Å²) in [4.78, 5) is 14.2. The van der Waals surface area contributed by atoms with Crippen molar-refractivity contribution < 1.29 is 4.79 Å². The molecule has 2 nitrogen and oxygen atoms in total. The van der Waals surface area contributed by atoms with Crippen molar-refractivity contribution in [1.29, 1.82) is 0 Å². The summed E-state index contributed by atoms with van der Waals surface area (Å²) < 4.78 is 0. The van der Waals surface area contributed by atoms with Crippen molar-refractivity contribution >= 4 is 17.5 Å². The van der Waals surface area contributed by atoms with Gasteiger partial charge in [-0.2, -0.15) is 0 Å². The molecule has 2 fully saturated rings. The van der Waals surface area contributed by atoms with Crippen molar-refractivity contribution in [2.75, 3.05) is 13.6 Å².